The van der Waals surface area contributed by atoms with Crippen LogP contribution in [0, 0.1) is 0 Å². The number of unbranched alkanes of at least 4 members (excludes halogenated alkanes) is 11. The first-order valence-electron chi connectivity index (χ1n) is 10.2. The Kier molecular flexibility index (Phi) is 16.7. The average Bonchev–Trinajstić information content (AvgIpc) is 2.57. The molecular formula is C21H41NO2. The molecule has 142 valence electrons. The molecule has 0 rings (SSSR count). The molecule has 0 aliphatic carbocycles. The van der Waals surface area contributed by atoms with Gasteiger partial charge in [-0.15, -0.1) is 0 Å². The molecule has 0 heterocycles. The largest absolute Gasteiger partial charge is 0.384 e. The fraction of sp³-hybridized carbons (Fsp3) is 0.857. The predicted octanol–water partition coefficient (Wildman–Crippen LogP) is 5.30. The van der Waals surface area contributed by atoms with Gasteiger partial charge in [0.05, 0.1) is 0 Å². The van der Waals surface area contributed by atoms with Crippen LogP contribution >= 0.6 is 0 Å². The molecule has 0 aromatic carbocycles. The van der Waals surface area contributed by atoms with Gasteiger partial charge in [0.2, 0.25) is 0 Å². The van der Waals surface area contributed by atoms with E-state index >= 15 is 0 Å². The van der Waals surface area contributed by atoms with Crippen molar-refractivity contribution in [3.63, 3.8) is 0 Å². The van der Waals surface area contributed by atoms with Crippen molar-refractivity contribution in [2.24, 2.45) is 5.73 Å². The van der Waals surface area contributed by atoms with Crippen LogP contribution in [0.2, 0.25) is 0 Å². The highest BCUT2D eigenvalue weighted by Gasteiger charge is 2.17. The molecule has 0 radical (unpaired) electrons. The monoisotopic (exact) mass is 339 g/mol. The number of nitrogens with two attached hydrogens (primary N) is 1. The summed E-state index contributed by atoms with van der Waals surface area (Å²) in [4.78, 5) is 11.6. The van der Waals surface area contributed by atoms with Gasteiger partial charge in [-0.05, 0) is 39.0 Å². The molecule has 3 N–H and O–H groups in total. The lowest BCUT2D eigenvalue weighted by Crippen LogP contribution is -2.37. The zero-order valence-corrected chi connectivity index (χ0v) is 16.1. The van der Waals surface area contributed by atoms with Crippen LogP contribution in [0.1, 0.15) is 104 Å². The number of Topliss-reactive ketones (excluding diaryl/α,β-unsaturated/α-hetero) is 1. The molecule has 0 spiro atoms. The lowest BCUT2D eigenvalue weighted by molar-refractivity contribution is -0.127. The molecule has 0 aliphatic heterocycles. The fourth-order valence-corrected chi connectivity index (χ4v) is 2.81. The van der Waals surface area contributed by atoms with Crippen LogP contribution < -0.4 is 5.73 Å². The van der Waals surface area contributed by atoms with Crippen LogP contribution in [0.15, 0.2) is 12.2 Å². The van der Waals surface area contributed by atoms with Gasteiger partial charge >= 0.3 is 0 Å². The highest BCUT2D eigenvalue weighted by Crippen LogP contribution is 2.10. The second-order valence-electron chi connectivity index (χ2n) is 7.10. The van der Waals surface area contributed by atoms with Gasteiger partial charge in [0.15, 0.2) is 5.78 Å². The van der Waals surface area contributed by atoms with E-state index < -0.39 is 12.1 Å². The van der Waals surface area contributed by atoms with Crippen molar-refractivity contribution < 1.29 is 9.90 Å². The van der Waals surface area contributed by atoms with E-state index in [0.29, 0.717) is 6.42 Å². The van der Waals surface area contributed by atoms with Crippen molar-refractivity contribution >= 4 is 5.78 Å². The van der Waals surface area contributed by atoms with E-state index in [2.05, 4.69) is 19.1 Å². The van der Waals surface area contributed by atoms with Gasteiger partial charge in [-0.3, -0.25) is 4.79 Å². The summed E-state index contributed by atoms with van der Waals surface area (Å²) in [5.41, 5.74) is 5.52. The molecule has 0 aromatic rings. The summed E-state index contributed by atoms with van der Waals surface area (Å²) in [6.45, 7) is 3.93. The molecule has 0 aliphatic rings. The maximum absolute atomic E-state index is 11.6. The van der Waals surface area contributed by atoms with Crippen LogP contribution in [-0.2, 0) is 4.79 Å². The first kappa shape index (κ1) is 23.3. The topological polar surface area (TPSA) is 63.3 Å². The van der Waals surface area contributed by atoms with E-state index in [0.717, 1.165) is 12.8 Å². The highest BCUT2D eigenvalue weighted by atomic mass is 16.3. The van der Waals surface area contributed by atoms with Crippen molar-refractivity contribution in [2.45, 2.75) is 116 Å². The maximum atomic E-state index is 11.6. The minimum atomic E-state index is -0.984. The minimum Gasteiger partial charge on any atom is -0.384 e. The van der Waals surface area contributed by atoms with Gasteiger partial charge in [0, 0.05) is 12.5 Å². The van der Waals surface area contributed by atoms with E-state index in [1.165, 1.54) is 70.6 Å². The van der Waals surface area contributed by atoms with Gasteiger partial charge in [-0.25, -0.2) is 0 Å². The van der Waals surface area contributed by atoms with Crippen LogP contribution in [0.3, 0.4) is 0 Å². The molecule has 0 saturated carbocycles. The molecule has 0 aromatic heterocycles. The third kappa shape index (κ3) is 14.9. The Morgan fingerprint density at radius 1 is 0.875 bits per heavy atom. The second-order valence-corrected chi connectivity index (χ2v) is 7.10. The summed E-state index contributed by atoms with van der Waals surface area (Å²) in [5.74, 6) is -0.109. The Morgan fingerprint density at radius 3 is 1.83 bits per heavy atom. The number of aliphatic hydroxyl groups excluding tert-OH is 1. The van der Waals surface area contributed by atoms with Crippen LogP contribution in [0.5, 0.6) is 0 Å². The van der Waals surface area contributed by atoms with E-state index in [1.807, 2.05) is 0 Å². The molecule has 0 amide bonds. The van der Waals surface area contributed by atoms with Crippen LogP contribution in [-0.4, -0.2) is 23.0 Å². The normalized spacial score (nSPS) is 14.2. The summed E-state index contributed by atoms with van der Waals surface area (Å²) in [6.07, 6.45) is 20.3. The van der Waals surface area contributed by atoms with Crippen LogP contribution in [0.4, 0.5) is 0 Å². The van der Waals surface area contributed by atoms with Crippen molar-refractivity contribution in [1.82, 2.24) is 0 Å². The molecule has 3 nitrogen and oxygen atoms in total. The Hall–Kier alpha value is -0.670. The number of allylic oxidation sites excluding steroid dienone is 2. The number of carbonyl (C=O) groups excluding carboxylic acids is 1. The molecule has 0 fully saturated rings. The second kappa shape index (κ2) is 17.2. The number of ketones is 1. The standard InChI is InChI=1S/C21H41NO2/c1-3-4-5-6-7-8-9-10-11-12-13-14-15-16-17-18-20(23)21(24)19(2)22/h10-11,19,21,24H,3-9,12-18,22H2,1-2H3. The SMILES string of the molecule is CCCCCCCCC=CCCCCCCCC(=O)C(O)C(C)N. The number of hydrogen-bond donors (Lipinski definition) is 2. The first-order valence-corrected chi connectivity index (χ1v) is 10.2. The summed E-state index contributed by atoms with van der Waals surface area (Å²) < 4.78 is 0. The number of aliphatic hydroxyl groups is 1. The molecule has 0 bridgehead atoms. The average molecular weight is 340 g/mol. The van der Waals surface area contributed by atoms with Gasteiger partial charge < -0.3 is 10.8 Å². The van der Waals surface area contributed by atoms with E-state index in [9.17, 15) is 9.90 Å². The summed E-state index contributed by atoms with van der Waals surface area (Å²) in [5, 5.41) is 9.53. The minimum absolute atomic E-state index is 0.109. The lowest BCUT2D eigenvalue weighted by atomic mass is 10.0. The Labute approximate surface area is 150 Å². The van der Waals surface area contributed by atoms with E-state index in [4.69, 9.17) is 5.73 Å². The third-order valence-corrected chi connectivity index (χ3v) is 4.51. The van der Waals surface area contributed by atoms with Crippen molar-refractivity contribution in [2.75, 3.05) is 0 Å². The summed E-state index contributed by atoms with van der Waals surface area (Å²) in [6, 6.07) is -0.458. The Morgan fingerprint density at radius 2 is 1.33 bits per heavy atom. The van der Waals surface area contributed by atoms with Crippen molar-refractivity contribution in [3.8, 4) is 0 Å². The lowest BCUT2D eigenvalue weighted by Gasteiger charge is -2.12. The number of rotatable bonds is 17. The Balaban J connectivity index is 3.27. The molecular weight excluding hydrogens is 298 g/mol. The third-order valence-electron chi connectivity index (χ3n) is 4.51. The predicted molar refractivity (Wildman–Crippen MR) is 104 cm³/mol. The zero-order chi connectivity index (χ0) is 18.0. The van der Waals surface area contributed by atoms with Crippen LogP contribution in [0.25, 0.3) is 0 Å². The Bertz CT molecular complexity index is 313. The quantitative estimate of drug-likeness (QED) is 0.279. The van der Waals surface area contributed by atoms with Gasteiger partial charge in [0.25, 0.3) is 0 Å². The van der Waals surface area contributed by atoms with Gasteiger partial charge in [-0.1, -0.05) is 70.4 Å². The first-order chi connectivity index (χ1) is 11.6. The van der Waals surface area contributed by atoms with Crippen molar-refractivity contribution in [1.29, 1.82) is 0 Å². The number of hydrogen-bond acceptors (Lipinski definition) is 3. The van der Waals surface area contributed by atoms with E-state index in [-0.39, 0.29) is 5.78 Å². The molecule has 0 saturated heterocycles. The molecule has 2 unspecified atom stereocenters. The van der Waals surface area contributed by atoms with Gasteiger partial charge in [-0.2, -0.15) is 0 Å². The summed E-state index contributed by atoms with van der Waals surface area (Å²) in [7, 11) is 0. The van der Waals surface area contributed by atoms with Gasteiger partial charge in [0.1, 0.15) is 6.10 Å². The number of carbonyl (C=O) groups is 1. The highest BCUT2D eigenvalue weighted by molar-refractivity contribution is 5.83. The zero-order valence-electron chi connectivity index (χ0n) is 16.1. The maximum Gasteiger partial charge on any atom is 0.162 e. The van der Waals surface area contributed by atoms with Crippen molar-refractivity contribution in [3.05, 3.63) is 12.2 Å². The summed E-state index contributed by atoms with van der Waals surface area (Å²) >= 11 is 0. The smallest absolute Gasteiger partial charge is 0.162 e. The van der Waals surface area contributed by atoms with E-state index in [1.54, 1.807) is 6.92 Å². The molecule has 24 heavy (non-hydrogen) atoms. The molecule has 3 heteroatoms. The molecule has 2 atom stereocenters. The fourth-order valence-electron chi connectivity index (χ4n) is 2.81.